The fraction of sp³-hybridized carbons (Fsp3) is 0.480. The Kier molecular flexibility index (Phi) is 7.44. The maximum atomic E-state index is 12.4. The molecular formula is C25H33N7O3S. The number of morpholine rings is 1. The molecule has 0 aliphatic carbocycles. The lowest BCUT2D eigenvalue weighted by Crippen LogP contribution is -2.44. The topological polar surface area (TPSA) is 113 Å². The molecule has 2 saturated heterocycles. The summed E-state index contributed by atoms with van der Waals surface area (Å²) in [6.07, 6.45) is 5.06. The van der Waals surface area contributed by atoms with Gasteiger partial charge in [0.25, 0.3) is 10.2 Å². The van der Waals surface area contributed by atoms with Gasteiger partial charge in [0.05, 0.1) is 23.9 Å². The number of nitrogens with zero attached hydrogens (tertiary/aromatic N) is 5. The SMILES string of the molecule is CN(C)S(=O)(=O)N1CCC(c2ccc(-c3cc4nccnc4c(NC[C@@H]4CNCCO4)n3)cc2)CC1. The molecule has 0 bridgehead atoms. The maximum Gasteiger partial charge on any atom is 0.281 e. The third kappa shape index (κ3) is 5.35. The summed E-state index contributed by atoms with van der Waals surface area (Å²) in [6.45, 7) is 4.09. The van der Waals surface area contributed by atoms with Gasteiger partial charge in [0.15, 0.2) is 5.82 Å². The average Bonchev–Trinajstić information content (AvgIpc) is 2.92. The highest BCUT2D eigenvalue weighted by molar-refractivity contribution is 7.86. The molecule has 192 valence electrons. The van der Waals surface area contributed by atoms with E-state index in [1.165, 1.54) is 9.87 Å². The summed E-state index contributed by atoms with van der Waals surface area (Å²) >= 11 is 0. The first-order valence-electron chi connectivity index (χ1n) is 12.4. The molecule has 0 radical (unpaired) electrons. The van der Waals surface area contributed by atoms with Crippen molar-refractivity contribution in [3.8, 4) is 11.3 Å². The lowest BCUT2D eigenvalue weighted by molar-refractivity contribution is 0.0372. The highest BCUT2D eigenvalue weighted by atomic mass is 32.2. The third-order valence-electron chi connectivity index (χ3n) is 6.88. The van der Waals surface area contributed by atoms with E-state index >= 15 is 0 Å². The highest BCUT2D eigenvalue weighted by Crippen LogP contribution is 2.32. The summed E-state index contributed by atoms with van der Waals surface area (Å²) in [5.74, 6) is 1.03. The standard InChI is InChI=1S/C25H33N7O3S/c1-31(2)36(33,34)32-12-7-19(8-13-32)18-3-5-20(6-4-18)22-15-23-24(28-10-9-27-23)25(30-22)29-17-21-16-26-11-14-35-21/h3-6,9-10,15,19,21,26H,7-8,11-14,16-17H2,1-2H3,(H,29,30)/t21-/m0/s1. The Hall–Kier alpha value is -2.70. The van der Waals surface area contributed by atoms with E-state index in [1.807, 2.05) is 6.07 Å². The van der Waals surface area contributed by atoms with Gasteiger partial charge in [-0.1, -0.05) is 24.3 Å². The van der Waals surface area contributed by atoms with Crippen molar-refractivity contribution in [2.45, 2.75) is 24.9 Å². The molecule has 10 nitrogen and oxygen atoms in total. The molecule has 2 aliphatic rings. The molecule has 0 amide bonds. The van der Waals surface area contributed by atoms with E-state index in [9.17, 15) is 8.42 Å². The predicted octanol–water partition coefficient (Wildman–Crippen LogP) is 2.08. The minimum absolute atomic E-state index is 0.0781. The Balaban J connectivity index is 1.32. The molecule has 1 atom stereocenters. The van der Waals surface area contributed by atoms with Crippen molar-refractivity contribution in [3.63, 3.8) is 0 Å². The van der Waals surface area contributed by atoms with E-state index < -0.39 is 10.2 Å². The minimum Gasteiger partial charge on any atom is -0.374 e. The molecule has 2 N–H and O–H groups in total. The van der Waals surface area contributed by atoms with Crippen LogP contribution in [-0.4, -0.2) is 91.5 Å². The van der Waals surface area contributed by atoms with E-state index in [0.29, 0.717) is 38.0 Å². The van der Waals surface area contributed by atoms with Crippen molar-refractivity contribution in [2.24, 2.45) is 0 Å². The second-order valence-electron chi connectivity index (χ2n) is 9.44. The average molecular weight is 512 g/mol. The van der Waals surface area contributed by atoms with Crippen LogP contribution in [0.3, 0.4) is 0 Å². The van der Waals surface area contributed by atoms with Crippen LogP contribution in [-0.2, 0) is 14.9 Å². The van der Waals surface area contributed by atoms with Crippen LogP contribution in [0.25, 0.3) is 22.3 Å². The fourth-order valence-corrected chi connectivity index (χ4v) is 5.92. The summed E-state index contributed by atoms with van der Waals surface area (Å²) in [6, 6.07) is 10.4. The van der Waals surface area contributed by atoms with E-state index in [0.717, 1.165) is 48.2 Å². The quantitative estimate of drug-likeness (QED) is 0.496. The molecule has 2 fully saturated rings. The molecule has 0 saturated carbocycles. The lowest BCUT2D eigenvalue weighted by Gasteiger charge is -2.33. The summed E-state index contributed by atoms with van der Waals surface area (Å²) in [7, 11) is -0.197. The van der Waals surface area contributed by atoms with E-state index in [-0.39, 0.29) is 6.10 Å². The summed E-state index contributed by atoms with van der Waals surface area (Å²) in [5, 5.41) is 6.76. The molecule has 2 aliphatic heterocycles. The molecule has 1 aromatic carbocycles. The maximum absolute atomic E-state index is 12.4. The van der Waals surface area contributed by atoms with Crippen molar-refractivity contribution in [1.82, 2.24) is 28.9 Å². The van der Waals surface area contributed by atoms with Gasteiger partial charge in [-0.25, -0.2) is 9.97 Å². The van der Waals surface area contributed by atoms with Gasteiger partial charge in [-0.05, 0) is 30.4 Å². The van der Waals surface area contributed by atoms with Gasteiger partial charge in [-0.15, -0.1) is 0 Å². The Morgan fingerprint density at radius 2 is 1.89 bits per heavy atom. The Morgan fingerprint density at radius 1 is 1.14 bits per heavy atom. The molecule has 2 aromatic heterocycles. The van der Waals surface area contributed by atoms with Gasteiger partial charge < -0.3 is 15.4 Å². The Labute approximate surface area is 212 Å². The monoisotopic (exact) mass is 511 g/mol. The number of hydrogen-bond acceptors (Lipinski definition) is 8. The third-order valence-corrected chi connectivity index (χ3v) is 8.82. The number of fused-ring (bicyclic) bond motifs is 1. The first kappa shape index (κ1) is 25.0. The van der Waals surface area contributed by atoms with Crippen molar-refractivity contribution < 1.29 is 13.2 Å². The molecule has 3 aromatic rings. The van der Waals surface area contributed by atoms with Gasteiger partial charge in [0.1, 0.15) is 5.52 Å². The summed E-state index contributed by atoms with van der Waals surface area (Å²) in [4.78, 5) is 13.9. The fourth-order valence-electron chi connectivity index (χ4n) is 4.78. The first-order valence-corrected chi connectivity index (χ1v) is 13.8. The van der Waals surface area contributed by atoms with Crippen LogP contribution < -0.4 is 10.6 Å². The van der Waals surface area contributed by atoms with Crippen molar-refractivity contribution in [1.29, 1.82) is 0 Å². The molecule has 5 rings (SSSR count). The van der Waals surface area contributed by atoms with Gasteiger partial charge in [0.2, 0.25) is 0 Å². The molecule has 0 unspecified atom stereocenters. The summed E-state index contributed by atoms with van der Waals surface area (Å²) in [5.41, 5.74) is 4.57. The van der Waals surface area contributed by atoms with Gasteiger partial charge in [-0.2, -0.15) is 17.0 Å². The summed E-state index contributed by atoms with van der Waals surface area (Å²) < 4.78 is 33.5. The number of rotatable bonds is 7. The number of hydrogen-bond donors (Lipinski definition) is 2. The molecule has 36 heavy (non-hydrogen) atoms. The normalized spacial score (nSPS) is 20.1. The zero-order valence-corrected chi connectivity index (χ0v) is 21.5. The van der Waals surface area contributed by atoms with E-state index in [2.05, 4.69) is 44.9 Å². The number of aromatic nitrogens is 3. The number of anilines is 1. The second kappa shape index (κ2) is 10.7. The minimum atomic E-state index is -3.35. The van der Waals surface area contributed by atoms with Crippen molar-refractivity contribution in [3.05, 3.63) is 48.3 Å². The Morgan fingerprint density at radius 3 is 2.58 bits per heavy atom. The van der Waals surface area contributed by atoms with Gasteiger partial charge in [-0.3, -0.25) is 4.98 Å². The van der Waals surface area contributed by atoms with Crippen LogP contribution in [0.4, 0.5) is 5.82 Å². The second-order valence-corrected chi connectivity index (χ2v) is 11.6. The first-order chi connectivity index (χ1) is 17.4. The van der Waals surface area contributed by atoms with Crippen LogP contribution in [0.5, 0.6) is 0 Å². The zero-order chi connectivity index (χ0) is 25.1. The van der Waals surface area contributed by atoms with Gasteiger partial charge >= 0.3 is 0 Å². The van der Waals surface area contributed by atoms with Crippen LogP contribution in [0.2, 0.25) is 0 Å². The number of nitrogens with one attached hydrogen (secondary N) is 2. The largest absolute Gasteiger partial charge is 0.374 e. The number of pyridine rings is 1. The van der Waals surface area contributed by atoms with E-state index in [4.69, 9.17) is 9.72 Å². The van der Waals surface area contributed by atoms with Crippen LogP contribution in [0, 0.1) is 0 Å². The number of benzene rings is 1. The molecular weight excluding hydrogens is 478 g/mol. The van der Waals surface area contributed by atoms with Crippen LogP contribution >= 0.6 is 0 Å². The van der Waals surface area contributed by atoms with Crippen molar-refractivity contribution in [2.75, 3.05) is 58.7 Å². The smallest absolute Gasteiger partial charge is 0.281 e. The predicted molar refractivity (Wildman–Crippen MR) is 140 cm³/mol. The van der Waals surface area contributed by atoms with Gasteiger partial charge in [0, 0.05) is 64.8 Å². The molecule has 11 heteroatoms. The van der Waals surface area contributed by atoms with Crippen LogP contribution in [0.1, 0.15) is 24.3 Å². The zero-order valence-electron chi connectivity index (χ0n) is 20.7. The van der Waals surface area contributed by atoms with Crippen LogP contribution in [0.15, 0.2) is 42.7 Å². The molecule has 0 spiro atoms. The Bertz CT molecular complexity index is 1290. The molecule has 4 heterocycles. The van der Waals surface area contributed by atoms with E-state index in [1.54, 1.807) is 30.8 Å². The number of piperidine rings is 1. The highest BCUT2D eigenvalue weighted by Gasteiger charge is 2.30. The lowest BCUT2D eigenvalue weighted by atomic mass is 9.89. The number of ether oxygens (including phenoxy) is 1. The van der Waals surface area contributed by atoms with Crippen molar-refractivity contribution >= 4 is 27.1 Å².